The van der Waals surface area contributed by atoms with E-state index in [-0.39, 0.29) is 55.5 Å². The van der Waals surface area contributed by atoms with Crippen LogP contribution in [-0.2, 0) is 20.9 Å². The molecule has 0 fully saturated rings. The van der Waals surface area contributed by atoms with Crippen LogP contribution in [0.4, 0.5) is 5.69 Å². The number of H-pyrrole nitrogens is 1. The lowest BCUT2D eigenvalue weighted by Gasteiger charge is -2.29. The molecule has 0 atom stereocenters. The molecule has 32 heavy (non-hydrogen) atoms. The van der Waals surface area contributed by atoms with Crippen molar-refractivity contribution >= 4 is 23.3 Å². The second kappa shape index (κ2) is 10.6. The number of Topliss-reactive ketones (excluding diaryl/α,β-unsaturated/α-hetero) is 1. The Kier molecular flexibility index (Phi) is 7.64. The maximum Gasteiger partial charge on any atom is 0.306 e. The van der Waals surface area contributed by atoms with Crippen molar-refractivity contribution in [2.45, 2.75) is 39.7 Å². The summed E-state index contributed by atoms with van der Waals surface area (Å²) < 4.78 is 15.7. The second-order valence-corrected chi connectivity index (χ2v) is 7.21. The molecule has 1 aromatic heterocycles. The smallest absolute Gasteiger partial charge is 0.306 e. The number of esters is 1. The Morgan fingerprint density at radius 2 is 1.97 bits per heavy atom. The number of nitrogens with zero attached hydrogens (tertiary/aromatic N) is 1. The van der Waals surface area contributed by atoms with Crippen LogP contribution in [0.15, 0.2) is 35.3 Å². The van der Waals surface area contributed by atoms with Gasteiger partial charge < -0.3 is 24.1 Å². The minimum Gasteiger partial charge on any atom is -0.488 e. The molecule has 2 heterocycles. The van der Waals surface area contributed by atoms with Gasteiger partial charge in [-0.15, -0.1) is 0 Å². The molecular formula is C23H26N2O7. The van der Waals surface area contributed by atoms with E-state index in [1.54, 1.807) is 25.1 Å². The third kappa shape index (κ3) is 5.54. The molecule has 170 valence electrons. The molecule has 0 saturated heterocycles. The van der Waals surface area contributed by atoms with Crippen molar-refractivity contribution < 1.29 is 28.6 Å². The summed E-state index contributed by atoms with van der Waals surface area (Å²) in [6.07, 6.45) is 2.24. The van der Waals surface area contributed by atoms with Crippen LogP contribution in [-0.4, -0.2) is 42.5 Å². The summed E-state index contributed by atoms with van der Waals surface area (Å²) in [6.45, 7) is 4.29. The highest BCUT2D eigenvalue weighted by Crippen LogP contribution is 2.34. The van der Waals surface area contributed by atoms with Gasteiger partial charge >= 0.3 is 5.97 Å². The molecule has 1 N–H and O–H groups in total. The number of carbonyl (C=O) groups excluding carboxylic acids is 3. The summed E-state index contributed by atoms with van der Waals surface area (Å²) in [4.78, 5) is 53.4. The number of ether oxygens (including phenoxy) is 3. The van der Waals surface area contributed by atoms with Gasteiger partial charge in [-0.1, -0.05) is 6.92 Å². The lowest BCUT2D eigenvalue weighted by molar-refractivity contribution is -0.143. The number of fused-ring (bicyclic) bond motifs is 1. The van der Waals surface area contributed by atoms with E-state index in [9.17, 15) is 19.2 Å². The highest BCUT2D eigenvalue weighted by molar-refractivity contribution is 6.02. The molecule has 1 aromatic carbocycles. The average molecular weight is 442 g/mol. The summed E-state index contributed by atoms with van der Waals surface area (Å²) in [6, 6.07) is 6.18. The molecule has 1 aliphatic heterocycles. The number of pyridine rings is 1. The van der Waals surface area contributed by atoms with Gasteiger partial charge in [0.1, 0.15) is 5.75 Å². The fourth-order valence-corrected chi connectivity index (χ4v) is 3.23. The Balaban J connectivity index is 1.79. The molecule has 0 unspecified atom stereocenters. The highest BCUT2D eigenvalue weighted by atomic mass is 16.5. The van der Waals surface area contributed by atoms with E-state index < -0.39 is 5.97 Å². The number of amides is 1. The molecule has 0 spiro atoms. The van der Waals surface area contributed by atoms with Gasteiger partial charge in [-0.2, -0.15) is 0 Å². The standard InChI is InChI=1S/C23H26N2O7/c1-3-9-31-21-12-24-16(11-19(21)27)13-25-17-10-15(5-7-20(17)32-14-22(25)28)18(26)6-8-23(29)30-4-2/h5,7,10-12H,3-4,6,8-9,13-14H2,1-2H3,(H,24,27). The zero-order chi connectivity index (χ0) is 23.1. The van der Waals surface area contributed by atoms with Gasteiger partial charge in [0.2, 0.25) is 5.43 Å². The first-order chi connectivity index (χ1) is 15.4. The van der Waals surface area contributed by atoms with Crippen molar-refractivity contribution in [1.29, 1.82) is 0 Å². The number of nitrogens with one attached hydrogen (secondary N) is 1. The van der Waals surface area contributed by atoms with Gasteiger partial charge in [0.25, 0.3) is 5.91 Å². The van der Waals surface area contributed by atoms with E-state index in [1.807, 2.05) is 6.92 Å². The number of hydrogen-bond donors (Lipinski definition) is 1. The van der Waals surface area contributed by atoms with Crippen molar-refractivity contribution in [2.75, 3.05) is 24.7 Å². The van der Waals surface area contributed by atoms with Crippen molar-refractivity contribution in [1.82, 2.24) is 4.98 Å². The number of anilines is 1. The van der Waals surface area contributed by atoms with Crippen molar-refractivity contribution in [3.8, 4) is 11.5 Å². The fraction of sp³-hybridized carbons (Fsp3) is 0.391. The molecule has 0 aliphatic carbocycles. The predicted octanol–water partition coefficient (Wildman–Crippen LogP) is 2.62. The van der Waals surface area contributed by atoms with E-state index in [0.29, 0.717) is 29.3 Å². The maximum atomic E-state index is 12.6. The van der Waals surface area contributed by atoms with Gasteiger partial charge in [0.15, 0.2) is 18.1 Å². The summed E-state index contributed by atoms with van der Waals surface area (Å²) in [5.74, 6) is -0.310. The summed E-state index contributed by atoms with van der Waals surface area (Å²) in [5.41, 5.74) is 1.01. The summed E-state index contributed by atoms with van der Waals surface area (Å²) >= 11 is 0. The molecule has 0 saturated carbocycles. The van der Waals surface area contributed by atoms with Crippen LogP contribution in [0.2, 0.25) is 0 Å². The third-order valence-corrected chi connectivity index (χ3v) is 4.81. The Hall–Kier alpha value is -3.62. The molecule has 9 nitrogen and oxygen atoms in total. The first kappa shape index (κ1) is 23.1. The Morgan fingerprint density at radius 1 is 1.16 bits per heavy atom. The third-order valence-electron chi connectivity index (χ3n) is 4.81. The average Bonchev–Trinajstić information content (AvgIpc) is 2.78. The van der Waals surface area contributed by atoms with E-state index in [4.69, 9.17) is 14.2 Å². The number of hydrogen-bond acceptors (Lipinski definition) is 7. The van der Waals surface area contributed by atoms with Gasteiger partial charge in [0, 0.05) is 29.9 Å². The Bertz CT molecular complexity index is 1060. The first-order valence-corrected chi connectivity index (χ1v) is 10.5. The van der Waals surface area contributed by atoms with Gasteiger partial charge in [0.05, 0.1) is 31.9 Å². The van der Waals surface area contributed by atoms with Gasteiger partial charge in [-0.3, -0.25) is 19.2 Å². The molecule has 9 heteroatoms. The van der Waals surface area contributed by atoms with Gasteiger partial charge in [-0.05, 0) is 31.5 Å². The molecule has 1 aliphatic rings. The van der Waals surface area contributed by atoms with E-state index in [1.165, 1.54) is 17.2 Å². The number of ketones is 1. The monoisotopic (exact) mass is 442 g/mol. The summed E-state index contributed by atoms with van der Waals surface area (Å²) in [5, 5.41) is 0. The van der Waals surface area contributed by atoms with Crippen LogP contribution in [0.25, 0.3) is 0 Å². The van der Waals surface area contributed by atoms with E-state index >= 15 is 0 Å². The number of aromatic nitrogens is 1. The number of rotatable bonds is 10. The van der Waals surface area contributed by atoms with Crippen LogP contribution in [0.1, 0.15) is 49.2 Å². The normalized spacial score (nSPS) is 12.7. The quantitative estimate of drug-likeness (QED) is 0.444. The van der Waals surface area contributed by atoms with Crippen LogP contribution in [0.5, 0.6) is 11.5 Å². The zero-order valence-electron chi connectivity index (χ0n) is 18.1. The van der Waals surface area contributed by atoms with Crippen LogP contribution >= 0.6 is 0 Å². The number of carbonyl (C=O) groups is 3. The van der Waals surface area contributed by atoms with Crippen LogP contribution in [0.3, 0.4) is 0 Å². The minimum absolute atomic E-state index is 0.00103. The number of benzene rings is 1. The first-order valence-electron chi connectivity index (χ1n) is 10.5. The van der Waals surface area contributed by atoms with Crippen molar-refractivity contribution in [2.24, 2.45) is 0 Å². The van der Waals surface area contributed by atoms with Crippen molar-refractivity contribution in [3.05, 3.63) is 51.9 Å². The second-order valence-electron chi connectivity index (χ2n) is 7.21. The molecule has 1 amide bonds. The van der Waals surface area contributed by atoms with E-state index in [0.717, 1.165) is 6.42 Å². The molecule has 0 bridgehead atoms. The number of aromatic amines is 1. The van der Waals surface area contributed by atoms with Gasteiger partial charge in [-0.25, -0.2) is 0 Å². The van der Waals surface area contributed by atoms with Crippen molar-refractivity contribution in [3.63, 3.8) is 0 Å². The lowest BCUT2D eigenvalue weighted by atomic mass is 10.0. The zero-order valence-corrected chi connectivity index (χ0v) is 18.1. The topological polar surface area (TPSA) is 115 Å². The Morgan fingerprint density at radius 3 is 2.69 bits per heavy atom. The SMILES string of the molecule is CCCOc1c[nH]c(CN2C(=O)COc3ccc(C(=O)CCC(=O)OCC)cc32)cc1=O. The largest absolute Gasteiger partial charge is 0.488 e. The predicted molar refractivity (Wildman–Crippen MR) is 116 cm³/mol. The molecule has 3 rings (SSSR count). The maximum absolute atomic E-state index is 12.6. The summed E-state index contributed by atoms with van der Waals surface area (Å²) in [7, 11) is 0. The Labute approximate surface area is 185 Å². The molecule has 2 aromatic rings. The fourth-order valence-electron chi connectivity index (χ4n) is 3.23. The molecule has 0 radical (unpaired) electrons. The minimum atomic E-state index is -0.436. The molecular weight excluding hydrogens is 416 g/mol. The highest BCUT2D eigenvalue weighted by Gasteiger charge is 2.27. The van der Waals surface area contributed by atoms with Crippen LogP contribution in [0, 0.1) is 0 Å². The lowest BCUT2D eigenvalue weighted by Crippen LogP contribution is -2.38. The van der Waals surface area contributed by atoms with Crippen LogP contribution < -0.4 is 19.8 Å². The van der Waals surface area contributed by atoms with E-state index in [2.05, 4.69) is 4.98 Å².